The standard InChI is InChI=1S/C20H18F2N4O4/c1-10-3-5-11(6-4-10)20(2)18(29)26(19(30)25-20)9-16(27)24-15-7-12(17(23)28)13(21)8-14(15)22/h3-8H,9H2,1-2H3,(H2,23,28)(H,24,27)(H,25,30). The van der Waals surface area contributed by atoms with Gasteiger partial charge in [0.25, 0.3) is 11.8 Å². The lowest BCUT2D eigenvalue weighted by Crippen LogP contribution is -2.42. The molecule has 2 aromatic rings. The number of benzene rings is 2. The number of rotatable bonds is 5. The number of imide groups is 1. The van der Waals surface area contributed by atoms with Gasteiger partial charge in [-0.25, -0.2) is 13.6 Å². The van der Waals surface area contributed by atoms with Crippen LogP contribution >= 0.6 is 0 Å². The average Bonchev–Trinajstić information content (AvgIpc) is 2.88. The summed E-state index contributed by atoms with van der Waals surface area (Å²) in [5.41, 5.74) is 4.01. The number of primary amides is 1. The zero-order valence-corrected chi connectivity index (χ0v) is 16.1. The maximum atomic E-state index is 13.9. The summed E-state index contributed by atoms with van der Waals surface area (Å²) in [5, 5.41) is 4.66. The third-order valence-corrected chi connectivity index (χ3v) is 4.80. The van der Waals surface area contributed by atoms with E-state index in [0.717, 1.165) is 11.6 Å². The number of aryl methyl sites for hydroxylation is 1. The fourth-order valence-electron chi connectivity index (χ4n) is 3.09. The first-order valence-corrected chi connectivity index (χ1v) is 8.83. The minimum atomic E-state index is -1.37. The number of hydrogen-bond acceptors (Lipinski definition) is 4. The van der Waals surface area contributed by atoms with Gasteiger partial charge in [-0.15, -0.1) is 0 Å². The van der Waals surface area contributed by atoms with Gasteiger partial charge in [-0.3, -0.25) is 19.3 Å². The second-order valence-electron chi connectivity index (χ2n) is 7.04. The quantitative estimate of drug-likeness (QED) is 0.643. The molecule has 1 saturated heterocycles. The van der Waals surface area contributed by atoms with Crippen molar-refractivity contribution in [1.82, 2.24) is 10.2 Å². The fraction of sp³-hybridized carbons (Fsp3) is 0.200. The van der Waals surface area contributed by atoms with Gasteiger partial charge in [-0.2, -0.15) is 0 Å². The summed E-state index contributed by atoms with van der Waals surface area (Å²) in [4.78, 5) is 49.4. The van der Waals surface area contributed by atoms with Crippen molar-refractivity contribution in [2.24, 2.45) is 5.73 Å². The molecule has 8 nitrogen and oxygen atoms in total. The summed E-state index contributed by atoms with van der Waals surface area (Å²) >= 11 is 0. The number of nitrogens with two attached hydrogens (primary N) is 1. The first-order valence-electron chi connectivity index (χ1n) is 8.83. The Kier molecular flexibility index (Phi) is 5.26. The second kappa shape index (κ2) is 7.54. The number of nitrogens with zero attached hydrogens (tertiary/aromatic N) is 1. The van der Waals surface area contributed by atoms with Crippen molar-refractivity contribution in [3.8, 4) is 0 Å². The van der Waals surface area contributed by atoms with E-state index >= 15 is 0 Å². The smallest absolute Gasteiger partial charge is 0.325 e. The molecule has 0 aliphatic carbocycles. The van der Waals surface area contributed by atoms with E-state index in [4.69, 9.17) is 5.73 Å². The van der Waals surface area contributed by atoms with Gasteiger partial charge in [-0.05, 0) is 25.5 Å². The number of urea groups is 1. The SMILES string of the molecule is Cc1ccc(C2(C)NC(=O)N(CC(=O)Nc3cc(C(N)=O)c(F)cc3F)C2=O)cc1. The molecule has 1 aliphatic heterocycles. The van der Waals surface area contributed by atoms with Crippen LogP contribution in [0.2, 0.25) is 0 Å². The molecule has 10 heteroatoms. The van der Waals surface area contributed by atoms with Crippen LogP contribution < -0.4 is 16.4 Å². The number of amides is 5. The number of hydrogen-bond donors (Lipinski definition) is 3. The third-order valence-electron chi connectivity index (χ3n) is 4.80. The summed E-state index contributed by atoms with van der Waals surface area (Å²) in [6.45, 7) is 2.67. The Hall–Kier alpha value is -3.82. The first kappa shape index (κ1) is 20.9. The molecule has 1 aliphatic rings. The van der Waals surface area contributed by atoms with Crippen LogP contribution in [0.15, 0.2) is 36.4 Å². The highest BCUT2D eigenvalue weighted by Gasteiger charge is 2.49. The van der Waals surface area contributed by atoms with Crippen LogP contribution in [0.25, 0.3) is 0 Å². The molecule has 0 bridgehead atoms. The Bertz CT molecular complexity index is 1070. The largest absolute Gasteiger partial charge is 0.366 e. The van der Waals surface area contributed by atoms with E-state index in [0.29, 0.717) is 16.5 Å². The maximum Gasteiger partial charge on any atom is 0.325 e. The highest BCUT2D eigenvalue weighted by atomic mass is 19.1. The molecule has 0 saturated carbocycles. The fourth-order valence-corrected chi connectivity index (χ4v) is 3.09. The Morgan fingerprint density at radius 3 is 2.37 bits per heavy atom. The molecule has 1 fully saturated rings. The molecule has 30 heavy (non-hydrogen) atoms. The summed E-state index contributed by atoms with van der Waals surface area (Å²) in [5.74, 6) is -5.06. The molecule has 5 amide bonds. The monoisotopic (exact) mass is 416 g/mol. The molecule has 0 spiro atoms. The Balaban J connectivity index is 1.78. The minimum Gasteiger partial charge on any atom is -0.366 e. The van der Waals surface area contributed by atoms with Crippen molar-refractivity contribution in [3.05, 3.63) is 64.7 Å². The molecule has 1 heterocycles. The van der Waals surface area contributed by atoms with Crippen LogP contribution in [-0.4, -0.2) is 35.2 Å². The van der Waals surface area contributed by atoms with E-state index < -0.39 is 58.7 Å². The topological polar surface area (TPSA) is 122 Å². The molecular formula is C20H18F2N4O4. The van der Waals surface area contributed by atoms with Crippen molar-refractivity contribution in [1.29, 1.82) is 0 Å². The second-order valence-corrected chi connectivity index (χ2v) is 7.04. The number of carbonyl (C=O) groups is 4. The summed E-state index contributed by atoms with van der Waals surface area (Å²) in [6.07, 6.45) is 0. The van der Waals surface area contributed by atoms with E-state index in [2.05, 4.69) is 10.6 Å². The van der Waals surface area contributed by atoms with Crippen LogP contribution in [0.3, 0.4) is 0 Å². The predicted molar refractivity (Wildman–Crippen MR) is 102 cm³/mol. The molecule has 1 atom stereocenters. The van der Waals surface area contributed by atoms with Gasteiger partial charge in [0.1, 0.15) is 23.7 Å². The van der Waals surface area contributed by atoms with Crippen LogP contribution in [0.5, 0.6) is 0 Å². The predicted octanol–water partition coefficient (Wildman–Crippen LogP) is 1.78. The average molecular weight is 416 g/mol. The molecule has 4 N–H and O–H groups in total. The first-order chi connectivity index (χ1) is 14.0. The molecule has 0 radical (unpaired) electrons. The van der Waals surface area contributed by atoms with Crippen LogP contribution in [0.1, 0.15) is 28.4 Å². The normalized spacial score (nSPS) is 18.3. The Morgan fingerprint density at radius 1 is 1.13 bits per heavy atom. The molecule has 0 aromatic heterocycles. The number of anilines is 1. The van der Waals surface area contributed by atoms with Gasteiger partial charge in [-0.1, -0.05) is 29.8 Å². The van der Waals surface area contributed by atoms with Gasteiger partial charge in [0.05, 0.1) is 11.3 Å². The Labute approximate surface area is 170 Å². The van der Waals surface area contributed by atoms with Crippen molar-refractivity contribution in [2.75, 3.05) is 11.9 Å². The highest BCUT2D eigenvalue weighted by molar-refractivity contribution is 6.10. The number of nitrogens with one attached hydrogen (secondary N) is 2. The van der Waals surface area contributed by atoms with Gasteiger partial charge in [0.15, 0.2) is 0 Å². The zero-order valence-electron chi connectivity index (χ0n) is 16.1. The Morgan fingerprint density at radius 2 is 1.77 bits per heavy atom. The van der Waals surface area contributed by atoms with Gasteiger partial charge >= 0.3 is 6.03 Å². The lowest BCUT2D eigenvalue weighted by molar-refractivity contribution is -0.133. The minimum absolute atomic E-state index is 0.401. The van der Waals surface area contributed by atoms with E-state index in [1.807, 2.05) is 6.92 Å². The number of carbonyl (C=O) groups excluding carboxylic acids is 4. The molecule has 1 unspecified atom stereocenters. The van der Waals surface area contributed by atoms with E-state index in [-0.39, 0.29) is 0 Å². The molecule has 156 valence electrons. The van der Waals surface area contributed by atoms with Crippen molar-refractivity contribution < 1.29 is 28.0 Å². The lowest BCUT2D eigenvalue weighted by Gasteiger charge is -2.22. The van der Waals surface area contributed by atoms with Gasteiger partial charge in [0.2, 0.25) is 5.91 Å². The van der Waals surface area contributed by atoms with Crippen LogP contribution in [-0.2, 0) is 15.1 Å². The van der Waals surface area contributed by atoms with Crippen molar-refractivity contribution in [3.63, 3.8) is 0 Å². The molecule has 3 rings (SSSR count). The third kappa shape index (κ3) is 3.71. The zero-order chi connectivity index (χ0) is 22.2. The summed E-state index contributed by atoms with van der Waals surface area (Å²) in [7, 11) is 0. The molecule has 2 aromatic carbocycles. The summed E-state index contributed by atoms with van der Waals surface area (Å²) < 4.78 is 27.5. The van der Waals surface area contributed by atoms with E-state index in [1.165, 1.54) is 6.92 Å². The van der Waals surface area contributed by atoms with Crippen LogP contribution in [0, 0.1) is 18.6 Å². The van der Waals surface area contributed by atoms with Crippen molar-refractivity contribution >= 4 is 29.4 Å². The summed E-state index contributed by atoms with van der Waals surface area (Å²) in [6, 6.07) is 7.29. The van der Waals surface area contributed by atoms with Crippen LogP contribution in [0.4, 0.5) is 19.3 Å². The molecular weight excluding hydrogens is 398 g/mol. The van der Waals surface area contributed by atoms with Gasteiger partial charge in [0, 0.05) is 6.07 Å². The van der Waals surface area contributed by atoms with E-state index in [9.17, 15) is 28.0 Å². The van der Waals surface area contributed by atoms with E-state index in [1.54, 1.807) is 24.3 Å². The van der Waals surface area contributed by atoms with Crippen molar-refractivity contribution in [2.45, 2.75) is 19.4 Å². The highest BCUT2D eigenvalue weighted by Crippen LogP contribution is 2.29. The lowest BCUT2D eigenvalue weighted by atomic mass is 9.91. The maximum absolute atomic E-state index is 13.9. The van der Waals surface area contributed by atoms with Gasteiger partial charge < -0.3 is 16.4 Å². The number of halogens is 2.